The summed E-state index contributed by atoms with van der Waals surface area (Å²) in [7, 11) is 0. The van der Waals surface area contributed by atoms with Gasteiger partial charge in [0.1, 0.15) is 5.82 Å². The van der Waals surface area contributed by atoms with Gasteiger partial charge in [-0.1, -0.05) is 38.3 Å². The van der Waals surface area contributed by atoms with Crippen molar-refractivity contribution in [1.82, 2.24) is 4.98 Å². The van der Waals surface area contributed by atoms with Crippen molar-refractivity contribution in [3.05, 3.63) is 23.4 Å². The van der Waals surface area contributed by atoms with E-state index in [1.54, 1.807) is 18.3 Å². The largest absolute Gasteiger partial charge is 0.391 e. The summed E-state index contributed by atoms with van der Waals surface area (Å²) in [5.41, 5.74) is 0. The van der Waals surface area contributed by atoms with Crippen LogP contribution in [0.15, 0.2) is 18.3 Å². The summed E-state index contributed by atoms with van der Waals surface area (Å²) in [6.07, 6.45) is 3.29. The number of rotatable bonds is 6. The van der Waals surface area contributed by atoms with Gasteiger partial charge in [0.15, 0.2) is 0 Å². The molecular formula is C12H19ClN2O. The second kappa shape index (κ2) is 6.71. The van der Waals surface area contributed by atoms with E-state index < -0.39 is 0 Å². The lowest BCUT2D eigenvalue weighted by Gasteiger charge is -2.20. The van der Waals surface area contributed by atoms with Crippen molar-refractivity contribution in [3.63, 3.8) is 0 Å². The molecule has 0 saturated carbocycles. The van der Waals surface area contributed by atoms with Gasteiger partial charge in [-0.2, -0.15) is 0 Å². The minimum atomic E-state index is -0.354. The maximum Gasteiger partial charge on any atom is 0.144 e. The van der Waals surface area contributed by atoms with E-state index in [4.69, 9.17) is 11.6 Å². The molecule has 1 rings (SSSR count). The Morgan fingerprint density at radius 1 is 1.44 bits per heavy atom. The average molecular weight is 243 g/mol. The third-order valence-corrected chi connectivity index (χ3v) is 3.14. The third-order valence-electron chi connectivity index (χ3n) is 2.83. The molecule has 16 heavy (non-hydrogen) atoms. The van der Waals surface area contributed by atoms with Gasteiger partial charge in [-0.25, -0.2) is 4.98 Å². The van der Waals surface area contributed by atoms with E-state index in [0.29, 0.717) is 23.3 Å². The Bertz CT molecular complexity index is 316. The highest BCUT2D eigenvalue weighted by Gasteiger charge is 2.15. The van der Waals surface area contributed by atoms with E-state index in [-0.39, 0.29) is 6.10 Å². The van der Waals surface area contributed by atoms with Gasteiger partial charge in [-0.3, -0.25) is 0 Å². The van der Waals surface area contributed by atoms with Crippen molar-refractivity contribution in [2.45, 2.75) is 32.8 Å². The Labute approximate surface area is 102 Å². The van der Waals surface area contributed by atoms with E-state index >= 15 is 0 Å². The fourth-order valence-corrected chi connectivity index (χ4v) is 1.90. The first kappa shape index (κ1) is 13.3. The summed E-state index contributed by atoms with van der Waals surface area (Å²) in [5.74, 6) is 0.962. The quantitative estimate of drug-likeness (QED) is 0.806. The second-order valence-electron chi connectivity index (χ2n) is 3.86. The summed E-state index contributed by atoms with van der Waals surface area (Å²) >= 11 is 5.95. The number of halogens is 1. The first-order valence-corrected chi connectivity index (χ1v) is 6.09. The summed E-state index contributed by atoms with van der Waals surface area (Å²) in [5, 5.41) is 13.6. The van der Waals surface area contributed by atoms with Crippen LogP contribution in [-0.2, 0) is 0 Å². The molecule has 0 fully saturated rings. The summed E-state index contributed by atoms with van der Waals surface area (Å²) < 4.78 is 0. The molecule has 3 nitrogen and oxygen atoms in total. The predicted molar refractivity (Wildman–Crippen MR) is 67.8 cm³/mol. The Balaban J connectivity index is 2.48. The van der Waals surface area contributed by atoms with Crippen molar-refractivity contribution in [2.75, 3.05) is 11.9 Å². The molecule has 0 radical (unpaired) electrons. The first-order valence-electron chi connectivity index (χ1n) is 5.71. The van der Waals surface area contributed by atoms with Gasteiger partial charge in [-0.05, 0) is 18.1 Å². The molecule has 0 aromatic carbocycles. The van der Waals surface area contributed by atoms with E-state index in [9.17, 15) is 5.11 Å². The Morgan fingerprint density at radius 3 is 2.69 bits per heavy atom. The number of aromatic nitrogens is 1. The topological polar surface area (TPSA) is 45.1 Å². The van der Waals surface area contributed by atoms with Crippen LogP contribution in [0.5, 0.6) is 0 Å². The van der Waals surface area contributed by atoms with Crippen LogP contribution in [0.3, 0.4) is 0 Å². The molecule has 0 amide bonds. The Kier molecular flexibility index (Phi) is 5.56. The number of pyridine rings is 1. The van der Waals surface area contributed by atoms with Gasteiger partial charge in [-0.15, -0.1) is 0 Å². The summed E-state index contributed by atoms with van der Waals surface area (Å²) in [6, 6.07) is 3.56. The lowest BCUT2D eigenvalue weighted by Crippen LogP contribution is -2.28. The van der Waals surface area contributed by atoms with Crippen molar-refractivity contribution >= 4 is 17.4 Å². The van der Waals surface area contributed by atoms with E-state index in [1.807, 2.05) is 0 Å². The number of aliphatic hydroxyl groups is 1. The van der Waals surface area contributed by atoms with Crippen molar-refractivity contribution < 1.29 is 5.11 Å². The van der Waals surface area contributed by atoms with Crippen LogP contribution in [-0.4, -0.2) is 22.7 Å². The lowest BCUT2D eigenvalue weighted by molar-refractivity contribution is 0.114. The molecule has 90 valence electrons. The van der Waals surface area contributed by atoms with Crippen LogP contribution in [0.1, 0.15) is 26.7 Å². The minimum absolute atomic E-state index is 0.329. The number of hydrogen-bond acceptors (Lipinski definition) is 3. The zero-order valence-corrected chi connectivity index (χ0v) is 10.5. The molecular weight excluding hydrogens is 224 g/mol. The number of anilines is 1. The zero-order chi connectivity index (χ0) is 12.0. The van der Waals surface area contributed by atoms with Crippen molar-refractivity contribution in [2.24, 2.45) is 5.92 Å². The van der Waals surface area contributed by atoms with Crippen LogP contribution in [0.25, 0.3) is 0 Å². The highest BCUT2D eigenvalue weighted by atomic mass is 35.5. The second-order valence-corrected chi connectivity index (χ2v) is 4.27. The van der Waals surface area contributed by atoms with Crippen LogP contribution in [0.4, 0.5) is 5.82 Å². The molecule has 1 atom stereocenters. The van der Waals surface area contributed by atoms with Gasteiger partial charge < -0.3 is 10.4 Å². The van der Waals surface area contributed by atoms with Gasteiger partial charge in [0, 0.05) is 12.7 Å². The maximum atomic E-state index is 9.93. The van der Waals surface area contributed by atoms with E-state index in [0.717, 1.165) is 12.8 Å². The van der Waals surface area contributed by atoms with Crippen LogP contribution in [0, 0.1) is 5.92 Å². The molecule has 0 aliphatic carbocycles. The molecule has 0 saturated heterocycles. The fraction of sp³-hybridized carbons (Fsp3) is 0.583. The molecule has 1 aromatic heterocycles. The molecule has 0 spiro atoms. The predicted octanol–water partition coefficient (Wildman–Crippen LogP) is 2.94. The average Bonchev–Trinajstić information content (AvgIpc) is 2.29. The molecule has 0 aliphatic rings. The molecule has 1 heterocycles. The Hall–Kier alpha value is -0.800. The molecule has 0 aliphatic heterocycles. The van der Waals surface area contributed by atoms with Crippen LogP contribution < -0.4 is 5.32 Å². The first-order chi connectivity index (χ1) is 7.69. The standard InChI is InChI=1S/C12H19ClN2O/c1-3-9(4-2)11(16)8-15-12-10(13)6-5-7-14-12/h5-7,9,11,16H,3-4,8H2,1-2H3,(H,14,15). The van der Waals surface area contributed by atoms with Crippen LogP contribution in [0.2, 0.25) is 5.02 Å². The van der Waals surface area contributed by atoms with Gasteiger partial charge in [0.25, 0.3) is 0 Å². The molecule has 4 heteroatoms. The van der Waals surface area contributed by atoms with Crippen molar-refractivity contribution in [1.29, 1.82) is 0 Å². The highest BCUT2D eigenvalue weighted by molar-refractivity contribution is 6.32. The molecule has 2 N–H and O–H groups in total. The number of hydrogen-bond donors (Lipinski definition) is 2. The number of nitrogens with one attached hydrogen (secondary N) is 1. The molecule has 1 unspecified atom stereocenters. The maximum absolute atomic E-state index is 9.93. The monoisotopic (exact) mass is 242 g/mol. The molecule has 1 aromatic rings. The number of aliphatic hydroxyl groups excluding tert-OH is 1. The van der Waals surface area contributed by atoms with Gasteiger partial charge in [0.2, 0.25) is 0 Å². The van der Waals surface area contributed by atoms with Gasteiger partial charge >= 0.3 is 0 Å². The third kappa shape index (κ3) is 3.65. The Morgan fingerprint density at radius 2 is 2.12 bits per heavy atom. The SMILES string of the molecule is CCC(CC)C(O)CNc1ncccc1Cl. The number of nitrogens with zero attached hydrogens (tertiary/aromatic N) is 1. The smallest absolute Gasteiger partial charge is 0.144 e. The normalized spacial score (nSPS) is 12.8. The molecule has 0 bridgehead atoms. The van der Waals surface area contributed by atoms with E-state index in [1.165, 1.54) is 0 Å². The summed E-state index contributed by atoms with van der Waals surface area (Å²) in [6.45, 7) is 4.67. The lowest BCUT2D eigenvalue weighted by atomic mass is 9.97. The van der Waals surface area contributed by atoms with Crippen molar-refractivity contribution in [3.8, 4) is 0 Å². The fourth-order valence-electron chi connectivity index (χ4n) is 1.72. The van der Waals surface area contributed by atoms with Gasteiger partial charge in [0.05, 0.1) is 11.1 Å². The highest BCUT2D eigenvalue weighted by Crippen LogP contribution is 2.19. The minimum Gasteiger partial charge on any atom is -0.391 e. The zero-order valence-electron chi connectivity index (χ0n) is 9.78. The van der Waals surface area contributed by atoms with E-state index in [2.05, 4.69) is 24.1 Å². The van der Waals surface area contributed by atoms with Crippen LogP contribution >= 0.6 is 11.6 Å². The summed E-state index contributed by atoms with van der Waals surface area (Å²) in [4.78, 5) is 4.11.